The number of hydrogen-bond acceptors (Lipinski definition) is 32. The fourth-order valence-electron chi connectivity index (χ4n) is 8.10. The summed E-state index contributed by atoms with van der Waals surface area (Å²) in [5, 5.41) is 94.2. The minimum Gasteiger partial charge on any atom is -0.505 e. The summed E-state index contributed by atoms with van der Waals surface area (Å²) >= 11 is 0. The molecule has 0 amide bonds. The van der Waals surface area contributed by atoms with Gasteiger partial charge < -0.3 is 26.2 Å². The third kappa shape index (κ3) is 13.4. The number of nitro benzene ring substituents is 2. The van der Waals surface area contributed by atoms with Gasteiger partial charge in [-0.05, 0) is 66.7 Å². The normalized spacial score (nSPS) is 13.2. The number of fused-ring (bicyclic) bond motifs is 2. The number of anilines is 1. The number of non-ortho nitro benzene ring substituents is 1. The molecule has 8 rings (SSSR count). The molecule has 0 atom stereocenters. The van der Waals surface area contributed by atoms with E-state index in [0.717, 1.165) is 24.3 Å². The van der Waals surface area contributed by atoms with E-state index in [4.69, 9.17) is 5.73 Å². The molecule has 0 bridgehead atoms. The number of benzene rings is 7. The molecule has 1 aromatic heterocycles. The minimum atomic E-state index is -5.88. The topological polar surface area (TPSA) is 708 Å². The molecule has 43 nitrogen and oxygen atoms in total. The van der Waals surface area contributed by atoms with Crippen molar-refractivity contribution in [1.29, 1.82) is 0 Å². The number of nitrogen functional groups attached to an aromatic ring is 1. The van der Waals surface area contributed by atoms with Gasteiger partial charge in [0.1, 0.15) is 57.8 Å². The number of rotatable bonds is 19. The van der Waals surface area contributed by atoms with Crippen LogP contribution in [-0.2, 0) is 70.8 Å². The molecule has 0 fully saturated rings. The quantitative estimate of drug-likeness (QED) is 0.0130. The lowest BCUT2D eigenvalue weighted by molar-refractivity contribution is -0.385. The van der Waals surface area contributed by atoms with Crippen LogP contribution in [0.25, 0.3) is 27.2 Å². The molecule has 0 aliphatic rings. The van der Waals surface area contributed by atoms with Crippen molar-refractivity contribution in [2.24, 2.45) is 40.9 Å². The number of carboxylic acid groups (broad SMARTS) is 1. The first-order valence-electron chi connectivity index (χ1n) is 22.9. The van der Waals surface area contributed by atoms with E-state index < -0.39 is 228 Å². The number of nitrogens with zero attached hydrogens (tertiary/aromatic N) is 12. The molecule has 0 saturated heterocycles. The van der Waals surface area contributed by atoms with Crippen LogP contribution in [0.2, 0.25) is 0 Å². The first-order chi connectivity index (χ1) is 42.2. The Kier molecular flexibility index (Phi) is 17.1. The monoisotopic (exact) mass is 1420 g/mol. The van der Waals surface area contributed by atoms with Gasteiger partial charge in [-0.15, -0.1) is 35.8 Å². The van der Waals surface area contributed by atoms with Crippen LogP contribution in [-0.4, -0.2) is 137 Å². The minimum absolute atomic E-state index is 0.158. The zero-order valence-electron chi connectivity index (χ0n) is 43.6. The van der Waals surface area contributed by atoms with Crippen LogP contribution in [0.3, 0.4) is 0 Å². The molecule has 0 aliphatic carbocycles. The lowest BCUT2D eigenvalue weighted by atomic mass is 10.0. The number of aromatic nitrogens is 2. The molecule has 0 saturated carbocycles. The molecule has 0 spiro atoms. The predicted molar refractivity (Wildman–Crippen MR) is 299 cm³/mol. The summed E-state index contributed by atoms with van der Waals surface area (Å²) in [5.74, 6) is -6.37. The Balaban J connectivity index is 1.26. The van der Waals surface area contributed by atoms with Gasteiger partial charge in [0.2, 0.25) is 11.6 Å². The Bertz CT molecular complexity index is 5630. The van der Waals surface area contributed by atoms with Crippen LogP contribution in [0.5, 0.6) is 17.4 Å². The molecule has 482 valence electrons. The molecule has 0 aliphatic heterocycles. The standard InChI is InChI=1S/C42H27N13O30S7/c43-32-24(14-26(87(68,69)70)21-13-30(91(80,81)82)35(39(57)31(21)32)50-45-22-7-3-17(54(61)62)11-27(22)88(71,72)73)47-46-23-8-6-19-20(40(23)92(83,84)85)12-29(90(77,78)79)34(38(19)56)49-44-15-9-25(55(63)64)33(28(10-15)89(74,75)76)48-51-36-37(42(59)60)52-53(41(36)58)16-1-4-18(5-2-16)86(65,66)67/h1-14,56-58H,43H2,(H,59,60)(H,65,66,67)(H,68,69,70)(H,71,72,73)(H,74,75,76)(H,77,78,79)(H,80,81,82)(H,83,84,85)/b47-46?,49-44-,50-45-,51-48+. The smallest absolute Gasteiger partial charge is 0.358 e. The van der Waals surface area contributed by atoms with Crippen molar-refractivity contribution < 1.29 is 126 Å². The maximum atomic E-state index is 13.1. The molecule has 8 aromatic rings. The summed E-state index contributed by atoms with van der Waals surface area (Å²) in [7, 11) is -39.2. The summed E-state index contributed by atoms with van der Waals surface area (Å²) in [4.78, 5) is 23.4. The Labute approximate surface area is 508 Å². The van der Waals surface area contributed by atoms with Crippen LogP contribution in [0.15, 0.2) is 160 Å². The molecule has 7 aromatic carbocycles. The van der Waals surface area contributed by atoms with Crippen LogP contribution in [0.4, 0.5) is 62.6 Å². The number of hydrogen-bond donors (Lipinski definition) is 12. The van der Waals surface area contributed by atoms with E-state index in [1.54, 1.807) is 0 Å². The number of nitro groups is 2. The first kappa shape index (κ1) is 67.4. The van der Waals surface area contributed by atoms with Gasteiger partial charge in [-0.1, -0.05) is 0 Å². The summed E-state index contributed by atoms with van der Waals surface area (Å²) in [6.45, 7) is 0. The third-order valence-corrected chi connectivity index (χ3v) is 18.2. The number of aromatic carboxylic acids is 1. The molecule has 1 heterocycles. The number of aromatic hydroxyl groups is 3. The number of phenols is 2. The number of nitrogens with two attached hydrogens (primary N) is 1. The van der Waals surface area contributed by atoms with E-state index in [1.165, 1.54) is 0 Å². The van der Waals surface area contributed by atoms with Crippen molar-refractivity contribution in [2.75, 3.05) is 5.73 Å². The van der Waals surface area contributed by atoms with Crippen LogP contribution >= 0.6 is 0 Å². The Morgan fingerprint density at radius 2 is 0.957 bits per heavy atom. The van der Waals surface area contributed by atoms with Gasteiger partial charge in [-0.3, -0.25) is 52.1 Å². The van der Waals surface area contributed by atoms with Crippen LogP contribution in [0, 0.1) is 20.2 Å². The van der Waals surface area contributed by atoms with Crippen molar-refractivity contribution in [3.8, 4) is 23.1 Å². The summed E-state index contributed by atoms with van der Waals surface area (Å²) in [6.07, 6.45) is 0. The summed E-state index contributed by atoms with van der Waals surface area (Å²) in [5.41, 5.74) is -8.64. The molecule has 0 radical (unpaired) electrons. The highest BCUT2D eigenvalue weighted by atomic mass is 32.2. The SMILES string of the molecule is Nc1c(N=Nc2ccc3c(O)c(/N=N\c4cc([N+](=O)[O-])c(/N=N/c5c(C(=O)O)nn(-c6ccc(S(=O)(=O)O)cc6)c5O)c(S(=O)(=O)O)c4)c(S(=O)(=O)O)cc3c2S(=O)(=O)O)cc(S(=O)(=O)O)c2cc(S(=O)(=O)O)c(/N=N\c3ccc([N+](=O)[O-])cc3S(=O)(=O)O)c(O)c12. The average molecular weight is 1420 g/mol. The van der Waals surface area contributed by atoms with Gasteiger partial charge in [0, 0.05) is 34.4 Å². The zero-order valence-corrected chi connectivity index (χ0v) is 49.3. The number of azo groups is 4. The van der Waals surface area contributed by atoms with Gasteiger partial charge in [0.15, 0.2) is 22.9 Å². The molecular formula is C42H27N13O30S7. The van der Waals surface area contributed by atoms with E-state index in [1.807, 2.05) is 0 Å². The fourth-order valence-corrected chi connectivity index (χ4v) is 12.7. The highest BCUT2D eigenvalue weighted by molar-refractivity contribution is 7.87. The molecular weight excluding hydrogens is 1390 g/mol. The van der Waals surface area contributed by atoms with E-state index in [-0.39, 0.29) is 42.1 Å². The van der Waals surface area contributed by atoms with Gasteiger partial charge in [0.05, 0.1) is 37.2 Å². The summed E-state index contributed by atoms with van der Waals surface area (Å²) in [6, 6.07) is 7.12. The van der Waals surface area contributed by atoms with Crippen molar-refractivity contribution in [3.05, 3.63) is 111 Å². The molecule has 0 unspecified atom stereocenters. The van der Waals surface area contributed by atoms with Crippen molar-refractivity contribution in [3.63, 3.8) is 0 Å². The van der Waals surface area contributed by atoms with E-state index in [0.29, 0.717) is 28.9 Å². The third-order valence-electron chi connectivity index (χ3n) is 12.0. The second-order valence-electron chi connectivity index (χ2n) is 17.7. The largest absolute Gasteiger partial charge is 0.505 e. The van der Waals surface area contributed by atoms with E-state index in [2.05, 4.69) is 46.0 Å². The Morgan fingerprint density at radius 1 is 0.467 bits per heavy atom. The molecule has 50 heteroatoms. The second-order valence-corrected chi connectivity index (χ2v) is 27.4. The number of carboxylic acids is 1. The average Bonchev–Trinajstić information content (AvgIpc) is 0.914. The van der Waals surface area contributed by atoms with Crippen LogP contribution in [0.1, 0.15) is 10.5 Å². The summed E-state index contributed by atoms with van der Waals surface area (Å²) < 4.78 is 247. The van der Waals surface area contributed by atoms with Crippen molar-refractivity contribution >= 4 is 161 Å². The highest BCUT2D eigenvalue weighted by Gasteiger charge is 2.34. The number of phenolic OH excluding ortho intramolecular Hbond substituents is 2. The van der Waals surface area contributed by atoms with Crippen LogP contribution < -0.4 is 5.73 Å². The first-order valence-corrected chi connectivity index (χ1v) is 33.0. The van der Waals surface area contributed by atoms with Gasteiger partial charge in [-0.2, -0.15) is 73.8 Å². The Hall–Kier alpha value is -10.5. The highest BCUT2D eigenvalue weighted by Crippen LogP contribution is 2.51. The maximum absolute atomic E-state index is 13.1. The van der Waals surface area contributed by atoms with Gasteiger partial charge in [0.25, 0.3) is 82.2 Å². The second kappa shape index (κ2) is 23.4. The van der Waals surface area contributed by atoms with E-state index in [9.17, 15) is 136 Å². The fraction of sp³-hybridized carbons (Fsp3) is 0. The van der Waals surface area contributed by atoms with Crippen molar-refractivity contribution in [2.45, 2.75) is 34.3 Å². The molecule has 13 N–H and O–H groups in total. The van der Waals surface area contributed by atoms with Gasteiger partial charge >= 0.3 is 5.97 Å². The maximum Gasteiger partial charge on any atom is 0.358 e. The van der Waals surface area contributed by atoms with Crippen molar-refractivity contribution in [1.82, 2.24) is 9.78 Å². The zero-order chi connectivity index (χ0) is 68.7. The Morgan fingerprint density at radius 3 is 1.48 bits per heavy atom. The number of carbonyl (C=O) groups is 1. The van der Waals surface area contributed by atoms with E-state index >= 15 is 0 Å². The lowest BCUT2D eigenvalue weighted by Gasteiger charge is -2.15. The van der Waals surface area contributed by atoms with Gasteiger partial charge in [-0.25, -0.2) is 4.79 Å². The molecule has 92 heavy (non-hydrogen) atoms. The lowest BCUT2D eigenvalue weighted by Crippen LogP contribution is -2.04. The predicted octanol–water partition coefficient (Wildman–Crippen LogP) is 6.78.